The van der Waals surface area contributed by atoms with Gasteiger partial charge in [-0.05, 0) is 36.6 Å². The molecule has 0 saturated heterocycles. The first kappa shape index (κ1) is 16.0. The average molecular weight is 328 g/mol. The maximum absolute atomic E-state index is 12.1. The molecule has 0 spiro atoms. The maximum atomic E-state index is 12.1. The SMILES string of the molecule is O=S(=O)(NCCCn1cccn1)c1ccc(CCCl)cc1. The largest absolute Gasteiger partial charge is 0.273 e. The highest BCUT2D eigenvalue weighted by Gasteiger charge is 2.12. The van der Waals surface area contributed by atoms with E-state index in [2.05, 4.69) is 9.82 Å². The van der Waals surface area contributed by atoms with Gasteiger partial charge in [0.15, 0.2) is 0 Å². The number of halogens is 1. The van der Waals surface area contributed by atoms with Crippen LogP contribution in [0.25, 0.3) is 0 Å². The molecule has 1 heterocycles. The number of aryl methyl sites for hydroxylation is 2. The van der Waals surface area contributed by atoms with Crippen molar-refractivity contribution in [2.45, 2.75) is 24.3 Å². The molecule has 5 nitrogen and oxygen atoms in total. The summed E-state index contributed by atoms with van der Waals surface area (Å²) in [4.78, 5) is 0.278. The topological polar surface area (TPSA) is 64.0 Å². The lowest BCUT2D eigenvalue weighted by atomic mass is 10.2. The van der Waals surface area contributed by atoms with E-state index in [4.69, 9.17) is 11.6 Å². The molecule has 0 unspecified atom stereocenters. The van der Waals surface area contributed by atoms with Crippen molar-refractivity contribution >= 4 is 21.6 Å². The van der Waals surface area contributed by atoms with Gasteiger partial charge in [0.2, 0.25) is 10.0 Å². The van der Waals surface area contributed by atoms with Crippen molar-refractivity contribution in [2.24, 2.45) is 0 Å². The Morgan fingerprint density at radius 2 is 2.00 bits per heavy atom. The molecule has 7 heteroatoms. The summed E-state index contributed by atoms with van der Waals surface area (Å²) >= 11 is 5.65. The van der Waals surface area contributed by atoms with Gasteiger partial charge in [0.05, 0.1) is 4.90 Å². The molecule has 21 heavy (non-hydrogen) atoms. The monoisotopic (exact) mass is 327 g/mol. The molecule has 0 bridgehead atoms. The van der Waals surface area contributed by atoms with Crippen molar-refractivity contribution in [1.82, 2.24) is 14.5 Å². The van der Waals surface area contributed by atoms with Crippen LogP contribution < -0.4 is 4.72 Å². The van der Waals surface area contributed by atoms with Gasteiger partial charge < -0.3 is 0 Å². The van der Waals surface area contributed by atoms with Gasteiger partial charge in [0.25, 0.3) is 0 Å². The summed E-state index contributed by atoms with van der Waals surface area (Å²) in [5.41, 5.74) is 1.03. The highest BCUT2D eigenvalue weighted by Crippen LogP contribution is 2.11. The van der Waals surface area contributed by atoms with Crippen LogP contribution in [0.1, 0.15) is 12.0 Å². The van der Waals surface area contributed by atoms with Crippen LogP contribution in [-0.2, 0) is 23.0 Å². The smallest absolute Gasteiger partial charge is 0.240 e. The molecule has 0 aliphatic heterocycles. The van der Waals surface area contributed by atoms with Gasteiger partial charge in [-0.2, -0.15) is 5.10 Å². The number of hydrogen-bond acceptors (Lipinski definition) is 3. The molecule has 1 N–H and O–H groups in total. The predicted octanol–water partition coefficient (Wildman–Crippen LogP) is 2.03. The second-order valence-electron chi connectivity index (χ2n) is 4.60. The fourth-order valence-electron chi connectivity index (χ4n) is 1.91. The van der Waals surface area contributed by atoms with Crippen molar-refractivity contribution < 1.29 is 8.42 Å². The van der Waals surface area contributed by atoms with Gasteiger partial charge in [-0.15, -0.1) is 11.6 Å². The lowest BCUT2D eigenvalue weighted by Crippen LogP contribution is -2.25. The number of sulfonamides is 1. The number of aromatic nitrogens is 2. The molecule has 0 saturated carbocycles. The van der Waals surface area contributed by atoms with E-state index in [9.17, 15) is 8.42 Å². The van der Waals surface area contributed by atoms with Crippen molar-refractivity contribution in [3.8, 4) is 0 Å². The minimum Gasteiger partial charge on any atom is -0.273 e. The lowest BCUT2D eigenvalue weighted by molar-refractivity contribution is 0.553. The number of hydrogen-bond donors (Lipinski definition) is 1. The Kier molecular flexibility index (Phi) is 5.78. The first-order valence-corrected chi connectivity index (χ1v) is 8.75. The molecule has 0 radical (unpaired) electrons. The summed E-state index contributed by atoms with van der Waals surface area (Å²) in [6.45, 7) is 1.07. The Balaban J connectivity index is 1.85. The van der Waals surface area contributed by atoms with Crippen molar-refractivity contribution in [2.75, 3.05) is 12.4 Å². The standard InChI is InChI=1S/C14H18ClN3O2S/c15-8-7-13-3-5-14(6-4-13)21(19,20)17-10-2-12-18-11-1-9-16-18/h1,3-6,9,11,17H,2,7-8,10,12H2. The predicted molar refractivity (Wildman–Crippen MR) is 82.9 cm³/mol. The van der Waals surface area contributed by atoms with E-state index in [0.717, 1.165) is 12.0 Å². The van der Waals surface area contributed by atoms with E-state index in [0.29, 0.717) is 25.4 Å². The van der Waals surface area contributed by atoms with E-state index in [1.807, 2.05) is 12.3 Å². The Hall–Kier alpha value is -1.37. The zero-order valence-corrected chi connectivity index (χ0v) is 13.1. The highest BCUT2D eigenvalue weighted by atomic mass is 35.5. The van der Waals surface area contributed by atoms with Crippen molar-refractivity contribution in [3.63, 3.8) is 0 Å². The second kappa shape index (κ2) is 7.59. The Morgan fingerprint density at radius 1 is 1.24 bits per heavy atom. The van der Waals surface area contributed by atoms with Crippen LogP contribution in [0.15, 0.2) is 47.6 Å². The number of benzene rings is 1. The summed E-state index contributed by atoms with van der Waals surface area (Å²) in [5, 5.41) is 4.06. The molecule has 1 aromatic carbocycles. The first-order chi connectivity index (χ1) is 10.1. The molecular weight excluding hydrogens is 310 g/mol. The second-order valence-corrected chi connectivity index (χ2v) is 6.75. The van der Waals surface area contributed by atoms with Gasteiger partial charge in [0.1, 0.15) is 0 Å². The van der Waals surface area contributed by atoms with E-state index in [-0.39, 0.29) is 4.90 Å². The third-order valence-corrected chi connectivity index (χ3v) is 4.70. The lowest BCUT2D eigenvalue weighted by Gasteiger charge is -2.07. The summed E-state index contributed by atoms with van der Waals surface area (Å²) < 4.78 is 28.6. The molecule has 1 aromatic heterocycles. The summed E-state index contributed by atoms with van der Waals surface area (Å²) in [5.74, 6) is 0.526. The number of rotatable bonds is 8. The summed E-state index contributed by atoms with van der Waals surface area (Å²) in [7, 11) is -3.45. The molecule has 2 aromatic rings. The number of alkyl halides is 1. The molecule has 0 aliphatic rings. The minimum absolute atomic E-state index is 0.278. The number of nitrogens with one attached hydrogen (secondary N) is 1. The van der Waals surface area contributed by atoms with Crippen LogP contribution in [0.5, 0.6) is 0 Å². The Morgan fingerprint density at radius 3 is 2.62 bits per heavy atom. The van der Waals surface area contributed by atoms with Crippen LogP contribution >= 0.6 is 11.6 Å². The third-order valence-electron chi connectivity index (χ3n) is 3.03. The fraction of sp³-hybridized carbons (Fsp3) is 0.357. The van der Waals surface area contributed by atoms with Crippen LogP contribution in [-0.4, -0.2) is 30.6 Å². The number of nitrogens with zero attached hydrogens (tertiary/aromatic N) is 2. The van der Waals surface area contributed by atoms with Gasteiger partial charge >= 0.3 is 0 Å². The Labute approximate surface area is 130 Å². The van der Waals surface area contributed by atoms with Crippen LogP contribution in [0.3, 0.4) is 0 Å². The molecule has 2 rings (SSSR count). The van der Waals surface area contributed by atoms with Crippen molar-refractivity contribution in [1.29, 1.82) is 0 Å². The minimum atomic E-state index is -3.45. The van der Waals surface area contributed by atoms with Crippen molar-refractivity contribution in [3.05, 3.63) is 48.3 Å². The summed E-state index contributed by atoms with van der Waals surface area (Å²) in [6.07, 6.45) is 4.97. The molecule has 0 aliphatic carbocycles. The van der Waals surface area contributed by atoms with E-state index in [1.54, 1.807) is 35.1 Å². The van der Waals surface area contributed by atoms with Gasteiger partial charge in [-0.25, -0.2) is 13.1 Å². The fourth-order valence-corrected chi connectivity index (χ4v) is 3.20. The zero-order valence-electron chi connectivity index (χ0n) is 11.6. The molecule has 114 valence electrons. The highest BCUT2D eigenvalue weighted by molar-refractivity contribution is 7.89. The van der Waals surface area contributed by atoms with Crippen LogP contribution in [0.2, 0.25) is 0 Å². The quantitative estimate of drug-likeness (QED) is 0.596. The van der Waals surface area contributed by atoms with Crippen LogP contribution in [0, 0.1) is 0 Å². The van der Waals surface area contributed by atoms with Gasteiger partial charge in [-0.3, -0.25) is 4.68 Å². The van der Waals surface area contributed by atoms with E-state index < -0.39 is 10.0 Å². The molecule has 0 amide bonds. The van der Waals surface area contributed by atoms with Gasteiger partial charge in [-0.1, -0.05) is 12.1 Å². The van der Waals surface area contributed by atoms with E-state index in [1.165, 1.54) is 0 Å². The third kappa shape index (κ3) is 4.84. The maximum Gasteiger partial charge on any atom is 0.240 e. The Bertz CT molecular complexity index is 639. The molecule has 0 fully saturated rings. The first-order valence-electron chi connectivity index (χ1n) is 6.74. The van der Waals surface area contributed by atoms with Gasteiger partial charge in [0, 0.05) is 31.4 Å². The van der Waals surface area contributed by atoms with E-state index >= 15 is 0 Å². The van der Waals surface area contributed by atoms with Crippen LogP contribution in [0.4, 0.5) is 0 Å². The normalized spacial score (nSPS) is 11.7. The molecule has 0 atom stereocenters. The summed E-state index contributed by atoms with van der Waals surface area (Å²) in [6, 6.07) is 8.64. The molecular formula is C14H18ClN3O2S. The average Bonchev–Trinajstić information content (AvgIpc) is 2.98. The zero-order chi connectivity index (χ0) is 15.1.